The number of nitrogen functional groups attached to an aromatic ring is 1. The van der Waals surface area contributed by atoms with Gasteiger partial charge in [-0.1, -0.05) is 30.9 Å². The molecule has 33 heavy (non-hydrogen) atoms. The third-order valence-corrected chi connectivity index (χ3v) is 7.08. The maximum absolute atomic E-state index is 11.3. The highest BCUT2D eigenvalue weighted by Crippen LogP contribution is 2.40. The molecule has 4 rings (SSSR count). The molecular weight excluding hydrogens is 482 g/mol. The fraction of sp³-hybridized carbons (Fsp3) is 0.280. The van der Waals surface area contributed by atoms with E-state index in [1.165, 1.54) is 0 Å². The van der Waals surface area contributed by atoms with Crippen molar-refractivity contribution in [3.8, 4) is 0 Å². The van der Waals surface area contributed by atoms with E-state index in [1.807, 2.05) is 37.4 Å². The number of rotatable bonds is 6. The van der Waals surface area contributed by atoms with Gasteiger partial charge in [-0.25, -0.2) is 4.98 Å². The van der Waals surface area contributed by atoms with Crippen LogP contribution >= 0.6 is 15.9 Å². The number of carboxylic acid groups (broad SMARTS) is 1. The zero-order chi connectivity index (χ0) is 23.5. The second kappa shape index (κ2) is 9.70. The van der Waals surface area contributed by atoms with Gasteiger partial charge in [0.25, 0.3) is 0 Å². The van der Waals surface area contributed by atoms with E-state index in [-0.39, 0.29) is 11.8 Å². The van der Waals surface area contributed by atoms with E-state index in [9.17, 15) is 9.90 Å². The molecule has 1 fully saturated rings. The van der Waals surface area contributed by atoms with Gasteiger partial charge in [0.05, 0.1) is 22.3 Å². The fourth-order valence-electron chi connectivity index (χ4n) is 4.28. The topological polar surface area (TPSA) is 106 Å². The van der Waals surface area contributed by atoms with Gasteiger partial charge in [-0.3, -0.25) is 9.78 Å². The van der Waals surface area contributed by atoms with Gasteiger partial charge in [0.15, 0.2) is 5.65 Å². The van der Waals surface area contributed by atoms with Crippen LogP contribution in [0.4, 0.5) is 5.82 Å². The van der Waals surface area contributed by atoms with Crippen LogP contribution in [0.15, 0.2) is 60.0 Å². The first kappa shape index (κ1) is 22.9. The Hall–Kier alpha value is -3.26. The lowest BCUT2D eigenvalue weighted by atomic mass is 9.80. The zero-order valence-corrected chi connectivity index (χ0v) is 20.0. The van der Waals surface area contributed by atoms with Crippen molar-refractivity contribution < 1.29 is 9.90 Å². The van der Waals surface area contributed by atoms with E-state index < -0.39 is 5.97 Å². The van der Waals surface area contributed by atoms with Crippen molar-refractivity contribution in [2.24, 2.45) is 5.92 Å². The third kappa shape index (κ3) is 4.61. The molecule has 0 atom stereocenters. The van der Waals surface area contributed by atoms with E-state index in [2.05, 4.69) is 32.6 Å². The SMILES string of the molecule is C=C/C(=C\C=C(/C)c1cccnc1)c1cnn2c(N)c(Br)c(C3CCC(C(=O)O)CC3)nc12. The number of carboxylic acids is 1. The number of aromatic nitrogens is 4. The predicted molar refractivity (Wildman–Crippen MR) is 133 cm³/mol. The zero-order valence-electron chi connectivity index (χ0n) is 18.4. The average Bonchev–Trinajstić information content (AvgIpc) is 3.26. The van der Waals surface area contributed by atoms with Gasteiger partial charge in [-0.15, -0.1) is 0 Å². The highest BCUT2D eigenvalue weighted by molar-refractivity contribution is 9.10. The summed E-state index contributed by atoms with van der Waals surface area (Å²) in [6.07, 6.45) is 13.9. The third-order valence-electron chi connectivity index (χ3n) is 6.27. The Balaban J connectivity index is 1.71. The average molecular weight is 508 g/mol. The molecule has 0 saturated heterocycles. The van der Waals surface area contributed by atoms with Crippen LogP contribution in [0.2, 0.25) is 0 Å². The molecule has 0 aromatic carbocycles. The van der Waals surface area contributed by atoms with Gasteiger partial charge in [0.1, 0.15) is 5.82 Å². The first-order chi connectivity index (χ1) is 15.9. The number of fused-ring (bicyclic) bond motifs is 1. The Morgan fingerprint density at radius 1 is 1.27 bits per heavy atom. The predicted octanol–water partition coefficient (Wildman–Crippen LogP) is 5.50. The van der Waals surface area contributed by atoms with Crippen molar-refractivity contribution >= 4 is 44.5 Å². The Morgan fingerprint density at radius 3 is 2.67 bits per heavy atom. The van der Waals surface area contributed by atoms with Gasteiger partial charge in [0, 0.05) is 23.9 Å². The van der Waals surface area contributed by atoms with Gasteiger partial charge in [-0.05, 0) is 71.3 Å². The first-order valence-electron chi connectivity index (χ1n) is 10.9. The number of allylic oxidation sites excluding steroid dienone is 5. The van der Waals surface area contributed by atoms with Crippen LogP contribution < -0.4 is 5.73 Å². The summed E-state index contributed by atoms with van der Waals surface area (Å²) in [5.41, 5.74) is 11.8. The number of aliphatic carboxylic acids is 1. The Bertz CT molecular complexity index is 1250. The molecule has 3 N–H and O–H groups in total. The Morgan fingerprint density at radius 2 is 2.03 bits per heavy atom. The summed E-state index contributed by atoms with van der Waals surface area (Å²) >= 11 is 3.61. The van der Waals surface area contributed by atoms with Crippen molar-refractivity contribution in [3.05, 3.63) is 76.8 Å². The van der Waals surface area contributed by atoms with Crippen molar-refractivity contribution in [1.29, 1.82) is 0 Å². The maximum atomic E-state index is 11.3. The molecule has 170 valence electrons. The summed E-state index contributed by atoms with van der Waals surface area (Å²) < 4.78 is 2.35. The number of hydrogen-bond acceptors (Lipinski definition) is 5. The smallest absolute Gasteiger partial charge is 0.306 e. The molecule has 1 saturated carbocycles. The fourth-order valence-corrected chi connectivity index (χ4v) is 4.86. The molecule has 3 aromatic rings. The molecule has 3 aromatic heterocycles. The minimum absolute atomic E-state index is 0.147. The summed E-state index contributed by atoms with van der Waals surface area (Å²) in [6.45, 7) is 6.01. The van der Waals surface area contributed by atoms with Crippen molar-refractivity contribution in [1.82, 2.24) is 19.6 Å². The lowest BCUT2D eigenvalue weighted by Crippen LogP contribution is -2.21. The molecule has 1 aliphatic rings. The van der Waals surface area contributed by atoms with E-state index in [0.717, 1.165) is 45.3 Å². The van der Waals surface area contributed by atoms with Crippen LogP contribution in [-0.4, -0.2) is 30.7 Å². The largest absolute Gasteiger partial charge is 0.481 e. The van der Waals surface area contributed by atoms with E-state index >= 15 is 0 Å². The van der Waals surface area contributed by atoms with Gasteiger partial charge in [0.2, 0.25) is 0 Å². The molecule has 8 heteroatoms. The summed E-state index contributed by atoms with van der Waals surface area (Å²) in [5.74, 6) is -0.373. The highest BCUT2D eigenvalue weighted by Gasteiger charge is 2.30. The monoisotopic (exact) mass is 507 g/mol. The van der Waals surface area contributed by atoms with Crippen LogP contribution in [0.5, 0.6) is 0 Å². The number of pyridine rings is 1. The number of hydrogen-bond donors (Lipinski definition) is 2. The summed E-state index contributed by atoms with van der Waals surface area (Å²) in [6, 6.07) is 3.92. The number of carbonyl (C=O) groups is 1. The lowest BCUT2D eigenvalue weighted by Gasteiger charge is -2.26. The van der Waals surface area contributed by atoms with Crippen LogP contribution in [0.1, 0.15) is 55.3 Å². The minimum atomic E-state index is -0.719. The molecule has 1 aliphatic carbocycles. The van der Waals surface area contributed by atoms with Gasteiger partial charge >= 0.3 is 5.97 Å². The first-order valence-corrected chi connectivity index (χ1v) is 11.7. The molecule has 7 nitrogen and oxygen atoms in total. The van der Waals surface area contributed by atoms with E-state index in [4.69, 9.17) is 10.7 Å². The van der Waals surface area contributed by atoms with Crippen LogP contribution in [0.25, 0.3) is 16.8 Å². The van der Waals surface area contributed by atoms with Crippen LogP contribution in [0.3, 0.4) is 0 Å². The Kier molecular flexibility index (Phi) is 6.74. The normalized spacial score (nSPS) is 19.6. The second-order valence-electron chi connectivity index (χ2n) is 8.29. The maximum Gasteiger partial charge on any atom is 0.306 e. The molecule has 0 spiro atoms. The van der Waals surface area contributed by atoms with Crippen molar-refractivity contribution in [2.45, 2.75) is 38.5 Å². The standard InChI is InChI=1S/C25H26BrN5O2/c1-3-16(7-6-15(2)19-5-4-12-28-13-19)20-14-29-31-23(27)21(26)22(30-24(20)31)17-8-10-18(11-9-17)25(32)33/h3-7,12-14,17-18H,1,8-11,27H2,2H3,(H,32,33)/b15-6+,16-7+. The molecule has 0 unspecified atom stereocenters. The van der Waals surface area contributed by atoms with Crippen molar-refractivity contribution in [3.63, 3.8) is 0 Å². The van der Waals surface area contributed by atoms with Crippen LogP contribution in [0, 0.1) is 5.92 Å². The molecular formula is C25H26BrN5O2. The minimum Gasteiger partial charge on any atom is -0.481 e. The number of nitrogens with zero attached hydrogens (tertiary/aromatic N) is 4. The number of anilines is 1. The quantitative estimate of drug-likeness (QED) is 0.426. The summed E-state index contributed by atoms with van der Waals surface area (Å²) in [5, 5.41) is 13.8. The second-order valence-corrected chi connectivity index (χ2v) is 9.09. The molecule has 0 bridgehead atoms. The van der Waals surface area contributed by atoms with Crippen molar-refractivity contribution in [2.75, 3.05) is 5.73 Å². The summed E-state index contributed by atoms with van der Waals surface area (Å²) in [4.78, 5) is 20.5. The Labute approximate surface area is 200 Å². The molecule has 0 radical (unpaired) electrons. The van der Waals surface area contributed by atoms with Gasteiger partial charge in [-0.2, -0.15) is 9.61 Å². The molecule has 0 amide bonds. The van der Waals surface area contributed by atoms with Crippen LogP contribution in [-0.2, 0) is 4.79 Å². The number of nitrogens with two attached hydrogens (primary N) is 1. The lowest BCUT2D eigenvalue weighted by molar-refractivity contribution is -0.142. The van der Waals surface area contributed by atoms with Gasteiger partial charge < -0.3 is 10.8 Å². The summed E-state index contributed by atoms with van der Waals surface area (Å²) in [7, 11) is 0. The van der Waals surface area contributed by atoms with E-state index in [1.54, 1.807) is 23.0 Å². The molecule has 3 heterocycles. The highest BCUT2D eigenvalue weighted by atomic mass is 79.9. The van der Waals surface area contributed by atoms with E-state index in [0.29, 0.717) is 24.3 Å². The number of halogens is 1. The molecule has 0 aliphatic heterocycles.